The molecule has 0 amide bonds. The summed E-state index contributed by atoms with van der Waals surface area (Å²) in [4.78, 5) is 7.85. The van der Waals surface area contributed by atoms with Crippen LogP contribution in [0.4, 0.5) is 13.2 Å². The number of aromatic hydroxyl groups is 1. The number of nitrogens with zero attached hydrogens (tertiary/aromatic N) is 2. The Bertz CT molecular complexity index is 1230. The minimum Gasteiger partial charge on any atom is -0.507 e. The summed E-state index contributed by atoms with van der Waals surface area (Å²) in [5, 5.41) is 21.6. The van der Waals surface area contributed by atoms with Gasteiger partial charge in [-0.2, -0.15) is 13.2 Å². The highest BCUT2D eigenvalue weighted by atomic mass is 19.4. The van der Waals surface area contributed by atoms with Gasteiger partial charge in [0.1, 0.15) is 11.5 Å². The number of hydrogen-bond donors (Lipinski definition) is 2. The van der Waals surface area contributed by atoms with E-state index in [-0.39, 0.29) is 22.3 Å². The number of fused-ring (bicyclic) bond motifs is 2. The smallest absolute Gasteiger partial charge is 0.435 e. The maximum atomic E-state index is 13.6. The highest BCUT2D eigenvalue weighted by Gasteiger charge is 2.36. The first-order valence-corrected chi connectivity index (χ1v) is 8.30. The third-order valence-electron chi connectivity index (χ3n) is 4.28. The number of rotatable bonds is 2. The van der Waals surface area contributed by atoms with Gasteiger partial charge in [-0.1, -0.05) is 36.4 Å². The van der Waals surface area contributed by atoms with Crippen LogP contribution in [-0.4, -0.2) is 20.2 Å². The van der Waals surface area contributed by atoms with E-state index in [9.17, 15) is 23.4 Å². The molecule has 0 aliphatic carbocycles. The number of halogens is 3. The zero-order chi connectivity index (χ0) is 19.9. The standard InChI is InChI=1S/C21H13F3N2O2/c22-21(23,24)20-17(11-19(28)14-7-3-4-8-18(14)27)25-15-9-12-5-1-2-6-13(12)10-16(15)26-20/h1-11,27-28H/b19-11-. The van der Waals surface area contributed by atoms with Crippen LogP contribution in [0.1, 0.15) is 17.0 Å². The fourth-order valence-corrected chi connectivity index (χ4v) is 2.96. The summed E-state index contributed by atoms with van der Waals surface area (Å²) in [5.74, 6) is -0.803. The molecule has 0 fully saturated rings. The minimum atomic E-state index is -4.77. The molecule has 0 spiro atoms. The topological polar surface area (TPSA) is 66.2 Å². The van der Waals surface area contributed by atoms with Crippen molar-refractivity contribution in [2.24, 2.45) is 0 Å². The SMILES string of the molecule is O/C(=C\c1nc2cc3ccccc3cc2nc1C(F)(F)F)c1ccccc1O. The summed E-state index contributed by atoms with van der Waals surface area (Å²) in [7, 11) is 0. The van der Waals surface area contributed by atoms with E-state index in [1.807, 2.05) is 12.1 Å². The number of para-hydroxylation sites is 1. The molecule has 1 heterocycles. The molecular formula is C21H13F3N2O2. The molecule has 28 heavy (non-hydrogen) atoms. The van der Waals surface area contributed by atoms with Gasteiger partial charge in [0.15, 0.2) is 5.69 Å². The molecule has 0 bridgehead atoms. The molecule has 3 aromatic carbocycles. The lowest BCUT2D eigenvalue weighted by Gasteiger charge is -2.12. The first-order valence-electron chi connectivity index (χ1n) is 8.30. The maximum Gasteiger partial charge on any atom is 0.435 e. The second-order valence-electron chi connectivity index (χ2n) is 6.19. The van der Waals surface area contributed by atoms with Gasteiger partial charge in [0.25, 0.3) is 0 Å². The summed E-state index contributed by atoms with van der Waals surface area (Å²) in [6.45, 7) is 0. The highest BCUT2D eigenvalue weighted by molar-refractivity contribution is 5.95. The van der Waals surface area contributed by atoms with Crippen LogP contribution in [-0.2, 0) is 6.18 Å². The molecule has 0 saturated heterocycles. The van der Waals surface area contributed by atoms with Crippen LogP contribution >= 0.6 is 0 Å². The molecule has 2 N–H and O–H groups in total. The molecule has 140 valence electrons. The van der Waals surface area contributed by atoms with E-state index >= 15 is 0 Å². The van der Waals surface area contributed by atoms with Crippen molar-refractivity contribution in [3.63, 3.8) is 0 Å². The minimum absolute atomic E-state index is 0.00367. The Labute approximate surface area is 157 Å². The third-order valence-corrected chi connectivity index (χ3v) is 4.28. The van der Waals surface area contributed by atoms with Gasteiger partial charge in [-0.25, -0.2) is 9.97 Å². The zero-order valence-corrected chi connectivity index (χ0v) is 14.3. The van der Waals surface area contributed by atoms with Gasteiger partial charge < -0.3 is 10.2 Å². The van der Waals surface area contributed by atoms with Crippen molar-refractivity contribution < 1.29 is 23.4 Å². The molecular weight excluding hydrogens is 369 g/mol. The van der Waals surface area contributed by atoms with Crippen LogP contribution in [0.25, 0.3) is 33.6 Å². The average molecular weight is 382 g/mol. The van der Waals surface area contributed by atoms with E-state index in [0.717, 1.165) is 16.8 Å². The fourth-order valence-electron chi connectivity index (χ4n) is 2.96. The van der Waals surface area contributed by atoms with Gasteiger partial charge in [0.05, 0.1) is 22.3 Å². The summed E-state index contributed by atoms with van der Waals surface area (Å²) in [6, 6.07) is 16.2. The zero-order valence-electron chi connectivity index (χ0n) is 14.3. The van der Waals surface area contributed by atoms with E-state index in [0.29, 0.717) is 0 Å². The molecule has 4 rings (SSSR count). The van der Waals surface area contributed by atoms with Gasteiger partial charge in [-0.05, 0) is 35.0 Å². The van der Waals surface area contributed by atoms with Crippen LogP contribution in [0.2, 0.25) is 0 Å². The van der Waals surface area contributed by atoms with E-state index in [1.54, 1.807) is 30.3 Å². The Balaban J connectivity index is 1.96. The molecule has 4 aromatic rings. The van der Waals surface area contributed by atoms with Crippen molar-refractivity contribution in [2.75, 3.05) is 0 Å². The average Bonchev–Trinajstić information content (AvgIpc) is 2.65. The molecule has 0 saturated carbocycles. The number of phenols is 1. The van der Waals surface area contributed by atoms with Crippen molar-refractivity contribution in [1.29, 1.82) is 0 Å². The molecule has 0 aliphatic rings. The Morgan fingerprint density at radius 2 is 1.43 bits per heavy atom. The maximum absolute atomic E-state index is 13.6. The Hall–Kier alpha value is -3.61. The highest BCUT2D eigenvalue weighted by Crippen LogP contribution is 2.34. The van der Waals surface area contributed by atoms with Crippen LogP contribution < -0.4 is 0 Å². The van der Waals surface area contributed by atoms with Crippen molar-refractivity contribution in [1.82, 2.24) is 9.97 Å². The first kappa shape index (κ1) is 17.8. The van der Waals surface area contributed by atoms with E-state index in [2.05, 4.69) is 9.97 Å². The lowest BCUT2D eigenvalue weighted by Crippen LogP contribution is -2.12. The molecule has 7 heteroatoms. The van der Waals surface area contributed by atoms with Gasteiger partial charge in [-0.15, -0.1) is 0 Å². The predicted octanol–water partition coefficient (Wildman–Crippen LogP) is 5.56. The van der Waals surface area contributed by atoms with Gasteiger partial charge in [-0.3, -0.25) is 0 Å². The van der Waals surface area contributed by atoms with Gasteiger partial charge in [0.2, 0.25) is 0 Å². The Morgan fingerprint density at radius 1 is 0.857 bits per heavy atom. The molecule has 0 radical (unpaired) electrons. The number of aromatic nitrogens is 2. The van der Waals surface area contributed by atoms with Crippen molar-refractivity contribution in [2.45, 2.75) is 6.18 Å². The number of benzene rings is 3. The van der Waals surface area contributed by atoms with Crippen molar-refractivity contribution in [3.05, 3.63) is 77.6 Å². The molecule has 0 atom stereocenters. The summed E-state index contributed by atoms with van der Waals surface area (Å²) >= 11 is 0. The van der Waals surface area contributed by atoms with Gasteiger partial charge >= 0.3 is 6.18 Å². The van der Waals surface area contributed by atoms with Crippen LogP contribution in [0.3, 0.4) is 0 Å². The largest absolute Gasteiger partial charge is 0.507 e. The fraction of sp³-hybridized carbons (Fsp3) is 0.0476. The van der Waals surface area contributed by atoms with Crippen LogP contribution in [0.15, 0.2) is 60.7 Å². The molecule has 4 nitrogen and oxygen atoms in total. The number of phenolic OH excluding ortho intramolecular Hbond substituents is 1. The number of hydrogen-bond acceptors (Lipinski definition) is 4. The van der Waals surface area contributed by atoms with Crippen molar-refractivity contribution >= 4 is 33.6 Å². The van der Waals surface area contributed by atoms with E-state index < -0.39 is 23.3 Å². The van der Waals surface area contributed by atoms with Gasteiger partial charge in [0, 0.05) is 6.08 Å². The Kier molecular flexibility index (Phi) is 4.15. The van der Waals surface area contributed by atoms with Crippen LogP contribution in [0, 0.1) is 0 Å². The van der Waals surface area contributed by atoms with E-state index in [1.165, 1.54) is 18.2 Å². The summed E-state index contributed by atoms with van der Waals surface area (Å²) in [5.41, 5.74) is -1.38. The monoisotopic (exact) mass is 382 g/mol. The molecule has 0 unspecified atom stereocenters. The Morgan fingerprint density at radius 3 is 2.04 bits per heavy atom. The second kappa shape index (κ2) is 6.53. The quantitative estimate of drug-likeness (QED) is 0.352. The predicted molar refractivity (Wildman–Crippen MR) is 101 cm³/mol. The lowest BCUT2D eigenvalue weighted by molar-refractivity contribution is -0.141. The second-order valence-corrected chi connectivity index (χ2v) is 6.19. The van der Waals surface area contributed by atoms with Crippen LogP contribution in [0.5, 0.6) is 5.75 Å². The molecule has 0 aliphatic heterocycles. The normalized spacial score (nSPS) is 12.6. The third kappa shape index (κ3) is 3.22. The molecule has 1 aromatic heterocycles. The van der Waals surface area contributed by atoms with Crippen molar-refractivity contribution in [3.8, 4) is 5.75 Å². The van der Waals surface area contributed by atoms with E-state index in [4.69, 9.17) is 0 Å². The number of alkyl halides is 3. The number of aliphatic hydroxyl groups is 1. The summed E-state index contributed by atoms with van der Waals surface area (Å²) < 4.78 is 40.7. The lowest BCUT2D eigenvalue weighted by atomic mass is 10.1. The summed E-state index contributed by atoms with van der Waals surface area (Å²) in [6.07, 6.45) is -3.91. The first-order chi connectivity index (χ1) is 13.3. The number of aliphatic hydroxyl groups excluding tert-OH is 1.